The fourth-order valence-corrected chi connectivity index (χ4v) is 3.48. The first kappa shape index (κ1) is 16.7. The molecule has 0 spiro atoms. The summed E-state index contributed by atoms with van der Waals surface area (Å²) < 4.78 is 6.98. The molecule has 0 saturated carbocycles. The van der Waals surface area contributed by atoms with E-state index in [1.54, 1.807) is 7.05 Å². The number of thiophene rings is 1. The number of hydrogen-bond donors (Lipinski definition) is 1. The molecular weight excluding hydrogens is 300 g/mol. The van der Waals surface area contributed by atoms with E-state index in [9.17, 15) is 9.90 Å². The number of aromatic nitrogens is 1. The van der Waals surface area contributed by atoms with Gasteiger partial charge in [0.2, 0.25) is 0 Å². The maximum Gasteiger partial charge on any atom is 0.256 e. The highest BCUT2D eigenvalue weighted by Gasteiger charge is 2.21. The van der Waals surface area contributed by atoms with Crippen LogP contribution in [0.5, 0.6) is 0 Å². The van der Waals surface area contributed by atoms with Crippen molar-refractivity contribution >= 4 is 17.2 Å². The summed E-state index contributed by atoms with van der Waals surface area (Å²) in [6, 6.07) is 5.91. The number of aliphatic hydroxyl groups excluding tert-OH is 1. The van der Waals surface area contributed by atoms with Crippen LogP contribution < -0.4 is 0 Å². The molecule has 2 heterocycles. The van der Waals surface area contributed by atoms with Crippen molar-refractivity contribution in [3.05, 3.63) is 40.5 Å². The standard InChI is InChI=1S/C16H22N2O3S/c1-11-5-6-12(2)18(11)16-14(7-8-22-16)15(20)17(3)9-13(19)10-21-4/h5-8,13,19H,9-10H2,1-4H3. The fourth-order valence-electron chi connectivity index (χ4n) is 2.48. The van der Waals surface area contributed by atoms with Gasteiger partial charge in [0.25, 0.3) is 5.91 Å². The van der Waals surface area contributed by atoms with Gasteiger partial charge in [-0.1, -0.05) is 0 Å². The molecule has 0 saturated heterocycles. The van der Waals surface area contributed by atoms with Crippen molar-refractivity contribution in [2.75, 3.05) is 27.3 Å². The van der Waals surface area contributed by atoms with E-state index in [0.29, 0.717) is 5.56 Å². The van der Waals surface area contributed by atoms with Crippen molar-refractivity contribution in [3.63, 3.8) is 0 Å². The first-order valence-electron chi connectivity index (χ1n) is 7.11. The third-order valence-corrected chi connectivity index (χ3v) is 4.44. The first-order valence-corrected chi connectivity index (χ1v) is 7.99. The molecule has 0 fully saturated rings. The average molecular weight is 322 g/mol. The SMILES string of the molecule is COCC(O)CN(C)C(=O)c1ccsc1-n1c(C)ccc1C. The molecule has 1 amide bonds. The van der Waals surface area contributed by atoms with Crippen LogP contribution in [0.25, 0.3) is 5.00 Å². The monoisotopic (exact) mass is 322 g/mol. The summed E-state index contributed by atoms with van der Waals surface area (Å²) >= 11 is 1.54. The van der Waals surface area contributed by atoms with Crippen LogP contribution in [0, 0.1) is 13.8 Å². The Hall–Kier alpha value is -1.63. The van der Waals surface area contributed by atoms with Crippen molar-refractivity contribution < 1.29 is 14.6 Å². The van der Waals surface area contributed by atoms with Gasteiger partial charge in [0.05, 0.1) is 18.3 Å². The van der Waals surface area contributed by atoms with Crippen LogP contribution >= 0.6 is 11.3 Å². The van der Waals surface area contributed by atoms with E-state index in [-0.39, 0.29) is 19.1 Å². The molecule has 1 atom stereocenters. The first-order chi connectivity index (χ1) is 10.5. The molecule has 0 aliphatic rings. The van der Waals surface area contributed by atoms with Gasteiger partial charge in [0, 0.05) is 32.1 Å². The summed E-state index contributed by atoms with van der Waals surface area (Å²) in [6.07, 6.45) is -0.684. The Morgan fingerprint density at radius 3 is 2.59 bits per heavy atom. The van der Waals surface area contributed by atoms with E-state index < -0.39 is 6.10 Å². The normalized spacial score (nSPS) is 12.4. The minimum atomic E-state index is -0.684. The second-order valence-electron chi connectivity index (χ2n) is 5.39. The number of carbonyl (C=O) groups excluding carboxylic acids is 1. The van der Waals surface area contributed by atoms with E-state index in [4.69, 9.17) is 4.74 Å². The van der Waals surface area contributed by atoms with Crippen LogP contribution in [-0.4, -0.2) is 53.9 Å². The molecule has 5 nitrogen and oxygen atoms in total. The van der Waals surface area contributed by atoms with E-state index >= 15 is 0 Å². The number of ether oxygens (including phenoxy) is 1. The summed E-state index contributed by atoms with van der Waals surface area (Å²) in [4.78, 5) is 14.2. The summed E-state index contributed by atoms with van der Waals surface area (Å²) in [5.74, 6) is -0.0982. The van der Waals surface area contributed by atoms with Crippen LogP contribution in [0.4, 0.5) is 0 Å². The maximum absolute atomic E-state index is 12.7. The molecule has 2 aromatic heterocycles. The number of carbonyl (C=O) groups is 1. The molecule has 0 aliphatic heterocycles. The molecule has 2 rings (SSSR count). The van der Waals surface area contributed by atoms with Crippen molar-refractivity contribution in [2.24, 2.45) is 0 Å². The smallest absolute Gasteiger partial charge is 0.256 e. The fraction of sp³-hybridized carbons (Fsp3) is 0.438. The van der Waals surface area contributed by atoms with E-state index in [1.807, 2.05) is 37.4 Å². The lowest BCUT2D eigenvalue weighted by atomic mass is 10.2. The predicted octanol–water partition coefficient (Wildman–Crippen LogP) is 2.23. The number of aliphatic hydroxyl groups is 1. The average Bonchev–Trinajstić information content (AvgIpc) is 3.05. The minimum Gasteiger partial charge on any atom is -0.389 e. The topological polar surface area (TPSA) is 54.7 Å². The van der Waals surface area contributed by atoms with Crippen LogP contribution in [0.15, 0.2) is 23.6 Å². The molecule has 120 valence electrons. The zero-order valence-corrected chi connectivity index (χ0v) is 14.2. The molecule has 0 radical (unpaired) electrons. The van der Waals surface area contributed by atoms with E-state index in [0.717, 1.165) is 16.4 Å². The Bertz CT molecular complexity index is 628. The lowest BCUT2D eigenvalue weighted by Crippen LogP contribution is -2.36. The Morgan fingerprint density at radius 2 is 2.00 bits per heavy atom. The Balaban J connectivity index is 2.24. The molecule has 22 heavy (non-hydrogen) atoms. The zero-order valence-electron chi connectivity index (χ0n) is 13.4. The van der Waals surface area contributed by atoms with Crippen LogP contribution in [0.2, 0.25) is 0 Å². The number of likely N-dealkylation sites (N-methyl/N-ethyl adjacent to an activating group) is 1. The van der Waals surface area contributed by atoms with Crippen LogP contribution in [0.3, 0.4) is 0 Å². The van der Waals surface area contributed by atoms with E-state index in [2.05, 4.69) is 4.57 Å². The van der Waals surface area contributed by atoms with E-state index in [1.165, 1.54) is 23.3 Å². The molecule has 0 aromatic carbocycles. The number of rotatable bonds is 6. The summed E-state index contributed by atoms with van der Waals surface area (Å²) in [5.41, 5.74) is 2.84. The van der Waals surface area contributed by atoms with Gasteiger partial charge in [0.1, 0.15) is 5.00 Å². The number of aryl methyl sites for hydroxylation is 2. The third-order valence-electron chi connectivity index (χ3n) is 3.54. The third kappa shape index (κ3) is 3.40. The van der Waals surface area contributed by atoms with Gasteiger partial charge in [-0.3, -0.25) is 4.79 Å². The van der Waals surface area contributed by atoms with Crippen molar-refractivity contribution in [2.45, 2.75) is 20.0 Å². The summed E-state index contributed by atoms with van der Waals surface area (Å²) in [6.45, 7) is 4.50. The molecule has 6 heteroatoms. The molecule has 1 N–H and O–H groups in total. The molecule has 2 aromatic rings. The second kappa shape index (κ2) is 7.09. The Kier molecular flexibility index (Phi) is 5.39. The maximum atomic E-state index is 12.7. The summed E-state index contributed by atoms with van der Waals surface area (Å²) in [5, 5.41) is 12.6. The quantitative estimate of drug-likeness (QED) is 0.887. The van der Waals surface area contributed by atoms with Crippen molar-refractivity contribution in [1.29, 1.82) is 0 Å². The van der Waals surface area contributed by atoms with Gasteiger partial charge in [0.15, 0.2) is 0 Å². The number of methoxy groups -OCH3 is 1. The van der Waals surface area contributed by atoms with Gasteiger partial charge in [-0.2, -0.15) is 0 Å². The van der Waals surface area contributed by atoms with Gasteiger partial charge < -0.3 is 19.3 Å². The molecule has 0 aliphatic carbocycles. The van der Waals surface area contributed by atoms with Gasteiger partial charge in [-0.25, -0.2) is 0 Å². The number of nitrogens with zero attached hydrogens (tertiary/aromatic N) is 2. The van der Waals surface area contributed by atoms with Crippen molar-refractivity contribution in [1.82, 2.24) is 9.47 Å². The second-order valence-corrected chi connectivity index (χ2v) is 6.28. The highest BCUT2D eigenvalue weighted by molar-refractivity contribution is 7.13. The minimum absolute atomic E-state index is 0.0982. The lowest BCUT2D eigenvalue weighted by molar-refractivity contribution is 0.0380. The Morgan fingerprint density at radius 1 is 1.36 bits per heavy atom. The van der Waals surface area contributed by atoms with Crippen LogP contribution in [-0.2, 0) is 4.74 Å². The van der Waals surface area contributed by atoms with Crippen LogP contribution in [0.1, 0.15) is 21.7 Å². The highest BCUT2D eigenvalue weighted by Crippen LogP contribution is 2.26. The number of hydrogen-bond acceptors (Lipinski definition) is 4. The molecular formula is C16H22N2O3S. The largest absolute Gasteiger partial charge is 0.389 e. The molecule has 1 unspecified atom stereocenters. The highest BCUT2D eigenvalue weighted by atomic mass is 32.1. The van der Waals surface area contributed by atoms with Gasteiger partial charge in [-0.05, 0) is 37.4 Å². The van der Waals surface area contributed by atoms with Crippen molar-refractivity contribution in [3.8, 4) is 5.00 Å². The lowest BCUT2D eigenvalue weighted by Gasteiger charge is -2.21. The zero-order chi connectivity index (χ0) is 16.3. The predicted molar refractivity (Wildman–Crippen MR) is 88.0 cm³/mol. The Labute approximate surface area is 134 Å². The number of amides is 1. The molecule has 0 bridgehead atoms. The summed E-state index contributed by atoms with van der Waals surface area (Å²) in [7, 11) is 3.22. The van der Waals surface area contributed by atoms with Gasteiger partial charge in [-0.15, -0.1) is 11.3 Å². The van der Waals surface area contributed by atoms with Gasteiger partial charge >= 0.3 is 0 Å².